The number of nitrogens with zero attached hydrogens (tertiary/aromatic N) is 1. The molecule has 170 valence electrons. The number of Topliss-reactive ketones (excluding diaryl/α,β-unsaturated/α-hetero) is 1. The van der Waals surface area contributed by atoms with E-state index in [-0.39, 0.29) is 24.5 Å². The first-order valence-electron chi connectivity index (χ1n) is 10.0. The predicted octanol–water partition coefficient (Wildman–Crippen LogP) is 3.09. The van der Waals surface area contributed by atoms with Crippen LogP contribution in [-0.2, 0) is 14.3 Å². The molecule has 3 rings (SSSR count). The van der Waals surface area contributed by atoms with Gasteiger partial charge < -0.3 is 29.0 Å². The number of ether oxygens (including phenoxy) is 4. The van der Waals surface area contributed by atoms with E-state index in [1.165, 1.54) is 26.2 Å². The predicted molar refractivity (Wildman–Crippen MR) is 118 cm³/mol. The minimum absolute atomic E-state index is 0.0223. The molecule has 1 atom stereocenters. The molecule has 0 radical (unpaired) electrons. The van der Waals surface area contributed by atoms with Gasteiger partial charge in [0.25, 0.3) is 11.7 Å². The van der Waals surface area contributed by atoms with Crippen molar-refractivity contribution in [3.05, 3.63) is 58.7 Å². The van der Waals surface area contributed by atoms with Crippen LogP contribution < -0.4 is 14.2 Å². The van der Waals surface area contributed by atoms with E-state index in [1.807, 2.05) is 0 Å². The molecule has 1 saturated heterocycles. The van der Waals surface area contributed by atoms with E-state index in [0.29, 0.717) is 33.9 Å². The van der Waals surface area contributed by atoms with Crippen LogP contribution in [0.15, 0.2) is 42.0 Å². The van der Waals surface area contributed by atoms with Crippen LogP contribution in [0.2, 0.25) is 0 Å². The van der Waals surface area contributed by atoms with E-state index in [9.17, 15) is 14.7 Å². The lowest BCUT2D eigenvalue weighted by Gasteiger charge is -2.27. The molecule has 1 N–H and O–H groups in total. The Kier molecular flexibility index (Phi) is 7.05. The number of ketones is 1. The van der Waals surface area contributed by atoms with Crippen LogP contribution in [0.1, 0.15) is 22.7 Å². The number of likely N-dealkylation sites (tertiary alicyclic amines) is 1. The van der Waals surface area contributed by atoms with Gasteiger partial charge in [-0.1, -0.05) is 12.1 Å². The largest absolute Gasteiger partial charge is 0.507 e. The number of rotatable bonds is 8. The fourth-order valence-corrected chi connectivity index (χ4v) is 3.92. The summed E-state index contributed by atoms with van der Waals surface area (Å²) in [5.41, 5.74) is 1.63. The van der Waals surface area contributed by atoms with Gasteiger partial charge in [-0.15, -0.1) is 0 Å². The number of aryl methyl sites for hydroxylation is 1. The fraction of sp³-hybridized carbons (Fsp3) is 0.333. The Labute approximate surface area is 187 Å². The SMILES string of the molecule is COCCN1C(=O)C(=O)C(=C(O)c2ccc(OC)cc2C)[C@H]1c1cccc(OC)c1OC. The zero-order valence-electron chi connectivity index (χ0n) is 18.8. The van der Waals surface area contributed by atoms with Gasteiger partial charge in [-0.3, -0.25) is 9.59 Å². The van der Waals surface area contributed by atoms with Crippen LogP contribution >= 0.6 is 0 Å². The summed E-state index contributed by atoms with van der Waals surface area (Å²) in [6.45, 7) is 2.17. The number of para-hydroxylation sites is 1. The van der Waals surface area contributed by atoms with E-state index < -0.39 is 17.7 Å². The number of aliphatic hydroxyl groups is 1. The monoisotopic (exact) mass is 441 g/mol. The third kappa shape index (κ3) is 4.01. The number of benzene rings is 2. The molecule has 1 heterocycles. The molecule has 0 bridgehead atoms. The van der Waals surface area contributed by atoms with E-state index >= 15 is 0 Å². The number of carbonyl (C=O) groups is 2. The minimum Gasteiger partial charge on any atom is -0.507 e. The van der Waals surface area contributed by atoms with Gasteiger partial charge in [-0.25, -0.2) is 0 Å². The standard InChI is InChI=1S/C24H27NO7/c1-14-13-15(30-3)9-10-16(14)21(26)19-20(25(11-12-29-2)24(28)22(19)27)17-7-6-8-18(31-4)23(17)32-5/h6-10,13,20,26H,11-12H2,1-5H3/t20-/m1/s1. The lowest BCUT2D eigenvalue weighted by atomic mass is 9.93. The molecule has 1 aliphatic rings. The van der Waals surface area contributed by atoms with Crippen molar-refractivity contribution in [1.29, 1.82) is 0 Å². The second-order valence-electron chi connectivity index (χ2n) is 7.25. The summed E-state index contributed by atoms with van der Waals surface area (Å²) in [6.07, 6.45) is 0. The molecule has 0 spiro atoms. The number of hydrogen-bond donors (Lipinski definition) is 1. The summed E-state index contributed by atoms with van der Waals surface area (Å²) in [6, 6.07) is 9.42. The van der Waals surface area contributed by atoms with Crippen LogP contribution in [0, 0.1) is 6.92 Å². The molecule has 0 saturated carbocycles. The van der Waals surface area contributed by atoms with Crippen molar-refractivity contribution in [2.24, 2.45) is 0 Å². The zero-order valence-corrected chi connectivity index (χ0v) is 18.8. The van der Waals surface area contributed by atoms with Gasteiger partial charge in [0.1, 0.15) is 11.5 Å². The van der Waals surface area contributed by atoms with Gasteiger partial charge in [0.2, 0.25) is 0 Å². The van der Waals surface area contributed by atoms with Crippen molar-refractivity contribution in [3.63, 3.8) is 0 Å². The molecule has 8 nitrogen and oxygen atoms in total. The second-order valence-corrected chi connectivity index (χ2v) is 7.25. The lowest BCUT2D eigenvalue weighted by molar-refractivity contribution is -0.140. The summed E-state index contributed by atoms with van der Waals surface area (Å²) in [5, 5.41) is 11.3. The zero-order chi connectivity index (χ0) is 23.4. The van der Waals surface area contributed by atoms with Crippen molar-refractivity contribution >= 4 is 17.4 Å². The molecule has 2 aromatic rings. The molecule has 1 amide bonds. The Morgan fingerprint density at radius 3 is 2.38 bits per heavy atom. The molecule has 0 aromatic heterocycles. The Bertz CT molecular complexity index is 1060. The van der Waals surface area contributed by atoms with Gasteiger partial charge in [0.15, 0.2) is 11.5 Å². The summed E-state index contributed by atoms with van der Waals surface area (Å²) in [4.78, 5) is 27.5. The number of carbonyl (C=O) groups excluding carboxylic acids is 2. The molecule has 1 aliphatic heterocycles. The average Bonchev–Trinajstić information content (AvgIpc) is 3.06. The third-order valence-corrected chi connectivity index (χ3v) is 5.49. The highest BCUT2D eigenvalue weighted by molar-refractivity contribution is 6.46. The molecular weight excluding hydrogens is 414 g/mol. The molecule has 0 unspecified atom stereocenters. The first-order chi connectivity index (χ1) is 15.4. The maximum absolute atomic E-state index is 13.1. The van der Waals surface area contributed by atoms with E-state index in [0.717, 1.165) is 0 Å². The quantitative estimate of drug-likeness (QED) is 0.382. The minimum atomic E-state index is -0.878. The van der Waals surface area contributed by atoms with Crippen molar-refractivity contribution < 1.29 is 33.6 Å². The van der Waals surface area contributed by atoms with Gasteiger partial charge in [-0.2, -0.15) is 0 Å². The van der Waals surface area contributed by atoms with Gasteiger partial charge in [0.05, 0.1) is 39.6 Å². The Balaban J connectivity index is 2.27. The molecule has 1 fully saturated rings. The normalized spacial score (nSPS) is 17.5. The lowest BCUT2D eigenvalue weighted by Crippen LogP contribution is -2.32. The van der Waals surface area contributed by atoms with Crippen molar-refractivity contribution in [2.45, 2.75) is 13.0 Å². The number of hydrogen-bond acceptors (Lipinski definition) is 7. The molecule has 2 aromatic carbocycles. The van der Waals surface area contributed by atoms with Gasteiger partial charge in [0, 0.05) is 24.8 Å². The highest BCUT2D eigenvalue weighted by Crippen LogP contribution is 2.45. The van der Waals surface area contributed by atoms with Crippen LogP contribution in [-0.4, -0.2) is 63.3 Å². The van der Waals surface area contributed by atoms with Crippen LogP contribution in [0.25, 0.3) is 5.76 Å². The molecular formula is C24H27NO7. The smallest absolute Gasteiger partial charge is 0.295 e. The molecule has 32 heavy (non-hydrogen) atoms. The highest BCUT2D eigenvalue weighted by atomic mass is 16.5. The second kappa shape index (κ2) is 9.74. The first-order valence-corrected chi connectivity index (χ1v) is 10.0. The van der Waals surface area contributed by atoms with Crippen LogP contribution in [0.3, 0.4) is 0 Å². The first kappa shape index (κ1) is 23.1. The van der Waals surface area contributed by atoms with E-state index in [1.54, 1.807) is 50.4 Å². The van der Waals surface area contributed by atoms with Crippen LogP contribution in [0.5, 0.6) is 17.2 Å². The Morgan fingerprint density at radius 2 is 1.78 bits per heavy atom. The summed E-state index contributed by atoms with van der Waals surface area (Å²) < 4.78 is 21.3. The van der Waals surface area contributed by atoms with Gasteiger partial charge in [-0.05, 0) is 36.8 Å². The molecule has 8 heteroatoms. The summed E-state index contributed by atoms with van der Waals surface area (Å²) >= 11 is 0. The number of amides is 1. The van der Waals surface area contributed by atoms with E-state index in [2.05, 4.69) is 0 Å². The maximum atomic E-state index is 13.1. The van der Waals surface area contributed by atoms with Crippen molar-refractivity contribution in [2.75, 3.05) is 41.6 Å². The fourth-order valence-electron chi connectivity index (χ4n) is 3.92. The van der Waals surface area contributed by atoms with E-state index in [4.69, 9.17) is 18.9 Å². The number of aliphatic hydroxyl groups excluding tert-OH is 1. The third-order valence-electron chi connectivity index (χ3n) is 5.49. The average molecular weight is 441 g/mol. The highest BCUT2D eigenvalue weighted by Gasteiger charge is 2.47. The topological polar surface area (TPSA) is 94.5 Å². The maximum Gasteiger partial charge on any atom is 0.295 e. The summed E-state index contributed by atoms with van der Waals surface area (Å²) in [5.74, 6) is -0.318. The Morgan fingerprint density at radius 1 is 1.03 bits per heavy atom. The van der Waals surface area contributed by atoms with Crippen molar-refractivity contribution in [1.82, 2.24) is 4.90 Å². The van der Waals surface area contributed by atoms with Gasteiger partial charge >= 0.3 is 0 Å². The van der Waals surface area contributed by atoms with Crippen molar-refractivity contribution in [3.8, 4) is 17.2 Å². The van der Waals surface area contributed by atoms with Crippen LogP contribution in [0.4, 0.5) is 0 Å². The number of methoxy groups -OCH3 is 4. The Hall–Kier alpha value is -3.52. The summed E-state index contributed by atoms with van der Waals surface area (Å²) in [7, 11) is 6.05. The molecule has 0 aliphatic carbocycles.